The normalized spacial score (nSPS) is 19.4. The Morgan fingerprint density at radius 1 is 0.929 bits per heavy atom. The van der Waals surface area contributed by atoms with Gasteiger partial charge in [-0.3, -0.25) is 4.79 Å². The quantitative estimate of drug-likeness (QED) is 0.364. The van der Waals surface area contributed by atoms with Crippen LogP contribution in [0.2, 0.25) is 0 Å². The number of hydrogen-bond acceptors (Lipinski definition) is 1. The molecule has 0 saturated heterocycles. The Balaban J connectivity index is 2.20. The minimum absolute atomic E-state index is 0.0722. The Kier molecular flexibility index (Phi) is 2.12. The maximum absolute atomic E-state index is 11.7. The highest BCUT2D eigenvalue weighted by atomic mass is 16.1. The van der Waals surface area contributed by atoms with Crippen LogP contribution in [0.25, 0.3) is 11.1 Å². The maximum Gasteiger partial charge on any atom is 0.349 e. The van der Waals surface area contributed by atoms with Crippen LogP contribution in [0, 0.1) is 11.8 Å². The summed E-state index contributed by atoms with van der Waals surface area (Å²) in [5.74, 6) is -0.244. The summed E-state index contributed by atoms with van der Waals surface area (Å²) < 4.78 is 0. The molecule has 0 aromatic carbocycles. The summed E-state index contributed by atoms with van der Waals surface area (Å²) >= 11 is 0. The number of carbonyl (C=O) groups excluding carboxylic acids is 1. The highest BCUT2D eigenvalue weighted by Crippen LogP contribution is 2.33. The predicted octanol–water partition coefficient (Wildman–Crippen LogP) is 0.717. The maximum atomic E-state index is 11.7. The average Bonchev–Trinajstić information content (AvgIpc) is 3.01. The number of Topliss-reactive ketones (excluding diaryl/α,β-unsaturated/α-hetero) is 1. The van der Waals surface area contributed by atoms with Crippen molar-refractivity contribution in [3.63, 3.8) is 0 Å². The highest BCUT2D eigenvalue weighted by molar-refractivity contribution is 6.65. The van der Waals surface area contributed by atoms with Gasteiger partial charge in [-0.05, 0) is 25.7 Å². The van der Waals surface area contributed by atoms with E-state index in [1.165, 1.54) is 0 Å². The van der Waals surface area contributed by atoms with Crippen molar-refractivity contribution in [1.82, 2.24) is 0 Å². The van der Waals surface area contributed by atoms with Gasteiger partial charge in [0.2, 0.25) is 0 Å². The third-order valence-electron chi connectivity index (χ3n) is 2.61. The lowest BCUT2D eigenvalue weighted by molar-refractivity contribution is -0.116. The van der Waals surface area contributed by atoms with Crippen LogP contribution in [0.1, 0.15) is 25.7 Å². The fourth-order valence-electron chi connectivity index (χ4n) is 1.47. The summed E-state index contributed by atoms with van der Waals surface area (Å²) in [6.07, 6.45) is 3.53. The lowest BCUT2D eigenvalue weighted by Crippen LogP contribution is -2.28. The first kappa shape index (κ1) is 9.00. The van der Waals surface area contributed by atoms with Gasteiger partial charge >= 0.3 is 17.2 Å². The van der Waals surface area contributed by atoms with E-state index in [0.717, 1.165) is 25.7 Å². The van der Waals surface area contributed by atoms with Crippen molar-refractivity contribution >= 4 is 17.2 Å². The van der Waals surface area contributed by atoms with Gasteiger partial charge in [-0.25, -0.2) is 0 Å². The van der Waals surface area contributed by atoms with Crippen LogP contribution >= 0.6 is 0 Å². The summed E-state index contributed by atoms with van der Waals surface area (Å²) in [5, 5.41) is 0. The molecule has 0 aliphatic heterocycles. The van der Waals surface area contributed by atoms with Crippen LogP contribution in [0.15, 0.2) is 0 Å². The predicted molar refractivity (Wildman–Crippen MR) is 47.7 cm³/mol. The monoisotopic (exact) mass is 190 g/mol. The van der Waals surface area contributed by atoms with Crippen molar-refractivity contribution in [2.45, 2.75) is 25.7 Å². The minimum Gasteiger partial charge on any atom is -0.361 e. The van der Waals surface area contributed by atoms with Crippen LogP contribution in [0.4, 0.5) is 0 Å². The summed E-state index contributed by atoms with van der Waals surface area (Å²) in [6.45, 7) is 0. The Labute approximate surface area is 81.0 Å². The molecule has 0 aromatic heterocycles. The molecule has 0 aromatic rings. The molecule has 5 heteroatoms. The Bertz CT molecular complexity index is 344. The fraction of sp³-hybridized carbons (Fsp3) is 0.667. The molecular weight excluding hydrogens is 180 g/mol. The first-order valence-corrected chi connectivity index (χ1v) is 4.76. The van der Waals surface area contributed by atoms with Crippen LogP contribution < -0.4 is 0 Å². The van der Waals surface area contributed by atoms with Gasteiger partial charge in [-0.1, -0.05) is 0 Å². The molecule has 72 valence electrons. The van der Waals surface area contributed by atoms with E-state index in [2.05, 4.69) is 9.58 Å². The molecule has 5 nitrogen and oxygen atoms in total. The number of ketones is 1. The molecule has 2 rings (SSSR count). The van der Waals surface area contributed by atoms with Crippen LogP contribution in [-0.2, 0) is 4.79 Å². The van der Waals surface area contributed by atoms with Crippen LogP contribution in [0.3, 0.4) is 0 Å². The van der Waals surface area contributed by atoms with Crippen molar-refractivity contribution in [1.29, 1.82) is 0 Å². The van der Waals surface area contributed by atoms with E-state index in [1.54, 1.807) is 0 Å². The molecule has 14 heavy (non-hydrogen) atoms. The van der Waals surface area contributed by atoms with Gasteiger partial charge in [-0.2, -0.15) is 9.58 Å². The second-order valence-electron chi connectivity index (χ2n) is 3.85. The Morgan fingerprint density at radius 3 is 1.50 bits per heavy atom. The summed E-state index contributed by atoms with van der Waals surface area (Å²) in [6, 6.07) is 0. The van der Waals surface area contributed by atoms with Crippen LogP contribution in [0.5, 0.6) is 0 Å². The van der Waals surface area contributed by atoms with E-state index in [9.17, 15) is 4.79 Å². The summed E-state index contributed by atoms with van der Waals surface area (Å²) in [5.41, 5.74) is 17.7. The Hall–Kier alpha value is -1.57. The lowest BCUT2D eigenvalue weighted by Gasteiger charge is -1.87. The summed E-state index contributed by atoms with van der Waals surface area (Å²) in [7, 11) is 0. The molecule has 2 aliphatic carbocycles. The number of nitrogens with zero attached hydrogens (tertiary/aromatic N) is 4. The Morgan fingerprint density at radius 2 is 1.29 bits per heavy atom. The van der Waals surface area contributed by atoms with E-state index in [4.69, 9.17) is 11.1 Å². The lowest BCUT2D eigenvalue weighted by atomic mass is 10.0. The topological polar surface area (TPSA) is 89.9 Å². The molecule has 0 N–H and O–H groups in total. The zero-order valence-electron chi connectivity index (χ0n) is 7.68. The van der Waals surface area contributed by atoms with Crippen molar-refractivity contribution in [3.8, 4) is 0 Å². The molecule has 0 heterocycles. The molecule has 2 saturated carbocycles. The van der Waals surface area contributed by atoms with Gasteiger partial charge in [0.1, 0.15) is 0 Å². The van der Waals surface area contributed by atoms with Crippen LogP contribution in [-0.4, -0.2) is 26.8 Å². The molecular formula is C9H10N4O. The number of rotatable bonds is 4. The number of hydrogen-bond donors (Lipinski definition) is 0. The SMILES string of the molecule is [N-]=[N+]=C(C(=O)C(=[N+]=[N-])C1CC1)C1CC1. The van der Waals surface area contributed by atoms with Gasteiger partial charge in [-0.15, -0.1) is 0 Å². The molecule has 2 aliphatic rings. The highest BCUT2D eigenvalue weighted by Gasteiger charge is 2.49. The second kappa shape index (κ2) is 3.29. The van der Waals surface area contributed by atoms with E-state index in [0.29, 0.717) is 0 Å². The first-order valence-electron chi connectivity index (χ1n) is 4.76. The van der Waals surface area contributed by atoms with Crippen molar-refractivity contribution in [2.75, 3.05) is 0 Å². The molecule has 0 bridgehead atoms. The zero-order chi connectivity index (χ0) is 10.1. The second-order valence-corrected chi connectivity index (χ2v) is 3.85. The van der Waals surface area contributed by atoms with Gasteiger partial charge in [0.05, 0.1) is 11.8 Å². The van der Waals surface area contributed by atoms with E-state index >= 15 is 0 Å². The van der Waals surface area contributed by atoms with Gasteiger partial charge in [0.25, 0.3) is 0 Å². The standard InChI is InChI=1S/C9H10N4O/c10-12-7(5-1-2-5)9(14)8(13-11)6-3-4-6/h5-6H,1-4H2. The summed E-state index contributed by atoms with van der Waals surface area (Å²) in [4.78, 5) is 17.7. The first-order chi connectivity index (χ1) is 6.77. The van der Waals surface area contributed by atoms with E-state index in [-0.39, 0.29) is 29.0 Å². The van der Waals surface area contributed by atoms with Gasteiger partial charge < -0.3 is 11.1 Å². The van der Waals surface area contributed by atoms with Gasteiger partial charge in [0, 0.05) is 0 Å². The fourth-order valence-corrected chi connectivity index (χ4v) is 1.47. The average molecular weight is 190 g/mol. The van der Waals surface area contributed by atoms with Crippen molar-refractivity contribution in [2.24, 2.45) is 11.8 Å². The molecule has 0 atom stereocenters. The number of carbonyl (C=O) groups is 1. The zero-order valence-corrected chi connectivity index (χ0v) is 7.68. The van der Waals surface area contributed by atoms with Crippen molar-refractivity contribution in [3.05, 3.63) is 11.1 Å². The molecule has 0 unspecified atom stereocenters. The third kappa shape index (κ3) is 1.55. The molecule has 0 amide bonds. The molecule has 2 fully saturated rings. The molecule has 0 radical (unpaired) electrons. The van der Waals surface area contributed by atoms with E-state index < -0.39 is 0 Å². The smallest absolute Gasteiger partial charge is 0.349 e. The van der Waals surface area contributed by atoms with Gasteiger partial charge in [0.15, 0.2) is 0 Å². The van der Waals surface area contributed by atoms with Crippen molar-refractivity contribution < 1.29 is 14.4 Å². The molecule has 0 spiro atoms. The van der Waals surface area contributed by atoms with E-state index in [1.807, 2.05) is 0 Å². The minimum atomic E-state index is -0.389. The largest absolute Gasteiger partial charge is 0.361 e. The third-order valence-corrected chi connectivity index (χ3v) is 2.61.